The number of nitrogens with zero attached hydrogens (tertiary/aromatic N) is 4. The van der Waals surface area contributed by atoms with E-state index in [1.165, 1.54) is 0 Å². The van der Waals surface area contributed by atoms with Gasteiger partial charge in [-0.1, -0.05) is 0 Å². The first kappa shape index (κ1) is 12.4. The van der Waals surface area contributed by atoms with Gasteiger partial charge >= 0.3 is 0 Å². The lowest BCUT2D eigenvalue weighted by Crippen LogP contribution is -2.14. The second-order valence-corrected chi connectivity index (χ2v) is 4.60. The molecule has 1 unspecified atom stereocenters. The number of anilines is 2. The molecule has 2 aromatic rings. The van der Waals surface area contributed by atoms with E-state index in [0.717, 1.165) is 16.9 Å². The van der Waals surface area contributed by atoms with E-state index in [-0.39, 0.29) is 6.04 Å². The Kier molecular flexibility index (Phi) is 3.50. The van der Waals surface area contributed by atoms with Gasteiger partial charge in [-0.05, 0) is 13.0 Å². The fourth-order valence-corrected chi connectivity index (χ4v) is 1.87. The van der Waals surface area contributed by atoms with Gasteiger partial charge in [0.25, 0.3) is 0 Å². The van der Waals surface area contributed by atoms with E-state index in [9.17, 15) is 0 Å². The Balaban J connectivity index is 2.19. The predicted molar refractivity (Wildman–Crippen MR) is 73.8 cm³/mol. The Morgan fingerprint density at radius 1 is 1.33 bits per heavy atom. The first-order chi connectivity index (χ1) is 8.58. The standard InChI is InChI=1S/C13H19N5/c1-10(11-7-15-18(4)9-11)16-12-8-14-6-5-13(12)17(2)3/h5-10,16H,1-4H3. The normalized spacial score (nSPS) is 12.2. The van der Waals surface area contributed by atoms with Gasteiger partial charge in [-0.3, -0.25) is 9.67 Å². The molecule has 0 aliphatic heterocycles. The van der Waals surface area contributed by atoms with Crippen LogP contribution in [-0.2, 0) is 7.05 Å². The first-order valence-electron chi connectivity index (χ1n) is 5.94. The lowest BCUT2D eigenvalue weighted by atomic mass is 10.2. The van der Waals surface area contributed by atoms with Crippen molar-refractivity contribution in [3.63, 3.8) is 0 Å². The van der Waals surface area contributed by atoms with Gasteiger partial charge in [-0.15, -0.1) is 0 Å². The molecule has 2 aromatic heterocycles. The van der Waals surface area contributed by atoms with Crippen molar-refractivity contribution in [2.75, 3.05) is 24.3 Å². The summed E-state index contributed by atoms with van der Waals surface area (Å²) in [7, 11) is 5.97. The van der Waals surface area contributed by atoms with Gasteiger partial charge in [-0.2, -0.15) is 5.10 Å². The third-order valence-electron chi connectivity index (χ3n) is 2.88. The van der Waals surface area contributed by atoms with Gasteiger partial charge < -0.3 is 10.2 Å². The molecule has 5 nitrogen and oxygen atoms in total. The van der Waals surface area contributed by atoms with Crippen LogP contribution in [0.25, 0.3) is 0 Å². The van der Waals surface area contributed by atoms with E-state index in [2.05, 4.69) is 27.2 Å². The SMILES string of the molecule is CC(Nc1cnccc1N(C)C)c1cnn(C)c1. The zero-order valence-electron chi connectivity index (χ0n) is 11.3. The van der Waals surface area contributed by atoms with E-state index in [4.69, 9.17) is 0 Å². The number of hydrogen-bond acceptors (Lipinski definition) is 4. The van der Waals surface area contributed by atoms with Gasteiger partial charge in [-0.25, -0.2) is 0 Å². The maximum absolute atomic E-state index is 4.19. The van der Waals surface area contributed by atoms with Gasteiger partial charge in [0.15, 0.2) is 0 Å². The van der Waals surface area contributed by atoms with Gasteiger partial charge in [0, 0.05) is 39.1 Å². The molecule has 1 atom stereocenters. The molecule has 1 N–H and O–H groups in total. The lowest BCUT2D eigenvalue weighted by Gasteiger charge is -2.20. The minimum atomic E-state index is 0.196. The summed E-state index contributed by atoms with van der Waals surface area (Å²) in [5.41, 5.74) is 3.31. The average molecular weight is 245 g/mol. The Morgan fingerprint density at radius 3 is 2.72 bits per heavy atom. The van der Waals surface area contributed by atoms with Crippen LogP contribution in [0.5, 0.6) is 0 Å². The monoisotopic (exact) mass is 245 g/mol. The summed E-state index contributed by atoms with van der Waals surface area (Å²) in [6.45, 7) is 2.11. The Hall–Kier alpha value is -2.04. The van der Waals surface area contributed by atoms with E-state index in [0.29, 0.717) is 0 Å². The van der Waals surface area contributed by atoms with Crippen LogP contribution >= 0.6 is 0 Å². The summed E-state index contributed by atoms with van der Waals surface area (Å²) in [4.78, 5) is 6.24. The minimum absolute atomic E-state index is 0.196. The summed E-state index contributed by atoms with van der Waals surface area (Å²) in [6, 6.07) is 2.19. The van der Waals surface area contributed by atoms with Crippen molar-refractivity contribution in [1.29, 1.82) is 0 Å². The fraction of sp³-hybridized carbons (Fsp3) is 0.385. The van der Waals surface area contributed by atoms with E-state index >= 15 is 0 Å². The second kappa shape index (κ2) is 5.08. The molecule has 0 saturated heterocycles. The molecular weight excluding hydrogens is 226 g/mol. The summed E-state index contributed by atoms with van der Waals surface area (Å²) in [5.74, 6) is 0. The maximum Gasteiger partial charge on any atom is 0.0768 e. The summed E-state index contributed by atoms with van der Waals surface area (Å²) >= 11 is 0. The van der Waals surface area contributed by atoms with Crippen molar-refractivity contribution >= 4 is 11.4 Å². The molecule has 2 rings (SSSR count). The van der Waals surface area contributed by atoms with Crippen LogP contribution in [0.1, 0.15) is 18.5 Å². The molecule has 0 spiro atoms. The van der Waals surface area contributed by atoms with Crippen LogP contribution < -0.4 is 10.2 Å². The molecule has 0 radical (unpaired) electrons. The van der Waals surface area contributed by atoms with Crippen LogP contribution in [-0.4, -0.2) is 28.9 Å². The number of rotatable bonds is 4. The van der Waals surface area contributed by atoms with Crippen LogP contribution in [0.4, 0.5) is 11.4 Å². The van der Waals surface area contributed by atoms with Crippen molar-refractivity contribution in [2.45, 2.75) is 13.0 Å². The van der Waals surface area contributed by atoms with E-state index < -0.39 is 0 Å². The molecule has 2 heterocycles. The summed E-state index contributed by atoms with van der Waals surface area (Å²) in [6.07, 6.45) is 7.55. The van der Waals surface area contributed by atoms with Crippen molar-refractivity contribution in [2.24, 2.45) is 7.05 Å². The zero-order valence-corrected chi connectivity index (χ0v) is 11.3. The number of hydrogen-bond donors (Lipinski definition) is 1. The maximum atomic E-state index is 4.19. The van der Waals surface area contributed by atoms with Gasteiger partial charge in [0.2, 0.25) is 0 Å². The predicted octanol–water partition coefficient (Wildman–Crippen LogP) is 2.05. The van der Waals surface area contributed by atoms with Crippen molar-refractivity contribution in [3.8, 4) is 0 Å². The first-order valence-corrected chi connectivity index (χ1v) is 5.94. The van der Waals surface area contributed by atoms with Crippen molar-refractivity contribution < 1.29 is 0 Å². The van der Waals surface area contributed by atoms with Crippen molar-refractivity contribution in [1.82, 2.24) is 14.8 Å². The molecule has 96 valence electrons. The molecule has 0 aromatic carbocycles. The molecule has 0 aliphatic carbocycles. The Bertz CT molecular complexity index is 518. The van der Waals surface area contributed by atoms with Gasteiger partial charge in [0.05, 0.1) is 29.8 Å². The highest BCUT2D eigenvalue weighted by atomic mass is 15.2. The number of nitrogens with one attached hydrogen (secondary N) is 1. The minimum Gasteiger partial charge on any atom is -0.376 e. The van der Waals surface area contributed by atoms with Crippen molar-refractivity contribution in [3.05, 3.63) is 36.4 Å². The smallest absolute Gasteiger partial charge is 0.0768 e. The van der Waals surface area contributed by atoms with E-state index in [1.807, 2.05) is 50.5 Å². The summed E-state index contributed by atoms with van der Waals surface area (Å²) in [5, 5.41) is 7.65. The number of pyridine rings is 1. The third-order valence-corrected chi connectivity index (χ3v) is 2.88. The summed E-state index contributed by atoms with van der Waals surface area (Å²) < 4.78 is 1.81. The quantitative estimate of drug-likeness (QED) is 0.895. The van der Waals surface area contributed by atoms with Crippen LogP contribution in [0.2, 0.25) is 0 Å². The molecular formula is C13H19N5. The zero-order chi connectivity index (χ0) is 13.1. The highest BCUT2D eigenvalue weighted by Crippen LogP contribution is 2.26. The van der Waals surface area contributed by atoms with Crippen LogP contribution in [0.3, 0.4) is 0 Å². The number of aryl methyl sites for hydroxylation is 1. The largest absolute Gasteiger partial charge is 0.376 e. The third kappa shape index (κ3) is 2.61. The highest BCUT2D eigenvalue weighted by molar-refractivity contribution is 5.68. The molecule has 5 heteroatoms. The second-order valence-electron chi connectivity index (χ2n) is 4.60. The highest BCUT2D eigenvalue weighted by Gasteiger charge is 2.10. The average Bonchev–Trinajstić information content (AvgIpc) is 2.76. The topological polar surface area (TPSA) is 46.0 Å². The van der Waals surface area contributed by atoms with E-state index in [1.54, 1.807) is 6.20 Å². The molecule has 18 heavy (non-hydrogen) atoms. The molecule has 0 fully saturated rings. The molecule has 0 amide bonds. The molecule has 0 bridgehead atoms. The van der Waals surface area contributed by atoms with Gasteiger partial charge in [0.1, 0.15) is 0 Å². The Labute approximate surface area is 107 Å². The fourth-order valence-electron chi connectivity index (χ4n) is 1.87. The molecule has 0 aliphatic rings. The van der Waals surface area contributed by atoms with Crippen LogP contribution in [0, 0.1) is 0 Å². The Morgan fingerprint density at radius 2 is 2.11 bits per heavy atom. The lowest BCUT2D eigenvalue weighted by molar-refractivity contribution is 0.765. The molecule has 0 saturated carbocycles. The number of aromatic nitrogens is 3. The van der Waals surface area contributed by atoms with Crippen LogP contribution in [0.15, 0.2) is 30.9 Å².